The molecule has 0 atom stereocenters. The van der Waals surface area contributed by atoms with E-state index < -0.39 is 0 Å². The number of rotatable bonds is 4. The number of anilines is 2. The Morgan fingerprint density at radius 3 is 2.45 bits per heavy atom. The van der Waals surface area contributed by atoms with Crippen LogP contribution in [-0.4, -0.2) is 9.36 Å². The van der Waals surface area contributed by atoms with Gasteiger partial charge in [-0.05, 0) is 46.5 Å². The molecule has 3 nitrogen and oxygen atoms in total. The molecular formula is C17H14BrN3S. The molecule has 1 heterocycles. The van der Waals surface area contributed by atoms with Gasteiger partial charge in [0, 0.05) is 16.0 Å². The quantitative estimate of drug-likeness (QED) is 0.690. The van der Waals surface area contributed by atoms with Gasteiger partial charge in [-0.15, -0.1) is 0 Å². The van der Waals surface area contributed by atoms with Crippen LogP contribution < -0.4 is 5.32 Å². The average molecular weight is 372 g/mol. The van der Waals surface area contributed by atoms with E-state index >= 15 is 0 Å². The number of hydrogen-bond donors (Lipinski definition) is 1. The van der Waals surface area contributed by atoms with E-state index in [1.807, 2.05) is 30.3 Å². The number of para-hydroxylation sites is 1. The maximum Gasteiger partial charge on any atom is 0.207 e. The predicted molar refractivity (Wildman–Crippen MR) is 93.8 cm³/mol. The van der Waals surface area contributed by atoms with Gasteiger partial charge in [0.2, 0.25) is 5.13 Å². The molecule has 1 saturated carbocycles. The molecule has 1 N–H and O–H groups in total. The Morgan fingerprint density at radius 1 is 1.00 bits per heavy atom. The minimum Gasteiger partial charge on any atom is -0.329 e. The summed E-state index contributed by atoms with van der Waals surface area (Å²) in [6.45, 7) is 0. The lowest BCUT2D eigenvalue weighted by molar-refractivity contribution is 0.780. The van der Waals surface area contributed by atoms with Gasteiger partial charge in [-0.1, -0.05) is 42.5 Å². The fourth-order valence-electron chi connectivity index (χ4n) is 2.67. The second-order valence-electron chi connectivity index (χ2n) is 5.48. The molecule has 4 rings (SSSR count). The van der Waals surface area contributed by atoms with Gasteiger partial charge < -0.3 is 5.32 Å². The van der Waals surface area contributed by atoms with E-state index in [1.54, 1.807) is 0 Å². The van der Waals surface area contributed by atoms with Gasteiger partial charge in [0.1, 0.15) is 0 Å². The predicted octanol–water partition coefficient (Wildman–Crippen LogP) is 5.12. The lowest BCUT2D eigenvalue weighted by Crippen LogP contribution is -2.10. The molecule has 1 aromatic heterocycles. The van der Waals surface area contributed by atoms with E-state index in [-0.39, 0.29) is 5.41 Å². The van der Waals surface area contributed by atoms with Crippen molar-refractivity contribution in [2.24, 2.45) is 0 Å². The number of hydrogen-bond acceptors (Lipinski definition) is 4. The molecule has 0 unspecified atom stereocenters. The number of halogens is 1. The van der Waals surface area contributed by atoms with E-state index in [0.717, 1.165) is 34.0 Å². The largest absolute Gasteiger partial charge is 0.329 e. The summed E-state index contributed by atoms with van der Waals surface area (Å²) in [5.74, 6) is 0.943. The van der Waals surface area contributed by atoms with Crippen molar-refractivity contribution in [2.45, 2.75) is 18.3 Å². The van der Waals surface area contributed by atoms with Gasteiger partial charge in [-0.2, -0.15) is 4.37 Å². The smallest absolute Gasteiger partial charge is 0.207 e. The van der Waals surface area contributed by atoms with Gasteiger partial charge >= 0.3 is 0 Å². The minimum atomic E-state index is 0.0333. The van der Waals surface area contributed by atoms with E-state index in [1.165, 1.54) is 17.1 Å². The van der Waals surface area contributed by atoms with E-state index in [0.29, 0.717) is 0 Å². The first-order chi connectivity index (χ1) is 10.8. The molecule has 0 saturated heterocycles. The lowest BCUT2D eigenvalue weighted by Gasteiger charge is -2.11. The standard InChI is InChI=1S/C17H14BrN3S/c18-13-8-4-5-9-14(13)19-16-20-15(21-22-16)17(10-11-17)12-6-2-1-3-7-12/h1-9H,10-11H2,(H,19,20,21). The molecule has 0 spiro atoms. The second kappa shape index (κ2) is 5.48. The highest BCUT2D eigenvalue weighted by atomic mass is 79.9. The zero-order valence-electron chi connectivity index (χ0n) is 11.8. The van der Waals surface area contributed by atoms with Gasteiger partial charge in [0.05, 0.1) is 11.1 Å². The van der Waals surface area contributed by atoms with E-state index in [9.17, 15) is 0 Å². The Labute approximate surface area is 141 Å². The Balaban J connectivity index is 1.61. The first-order valence-corrected chi connectivity index (χ1v) is 8.76. The van der Waals surface area contributed by atoms with Crippen molar-refractivity contribution < 1.29 is 0 Å². The number of benzene rings is 2. The molecule has 110 valence electrons. The zero-order chi connectivity index (χ0) is 15.0. The molecule has 0 aliphatic heterocycles. The lowest BCUT2D eigenvalue weighted by atomic mass is 9.95. The average Bonchev–Trinajstić information content (AvgIpc) is 3.24. The highest BCUT2D eigenvalue weighted by Gasteiger charge is 2.49. The molecule has 3 aromatic rings. The van der Waals surface area contributed by atoms with Crippen LogP contribution >= 0.6 is 27.5 Å². The van der Waals surface area contributed by atoms with Crippen molar-refractivity contribution in [1.29, 1.82) is 0 Å². The maximum atomic E-state index is 4.73. The Hall–Kier alpha value is -1.72. The van der Waals surface area contributed by atoms with Crippen molar-refractivity contribution in [3.63, 3.8) is 0 Å². The van der Waals surface area contributed by atoms with Crippen LogP contribution in [0.1, 0.15) is 24.2 Å². The van der Waals surface area contributed by atoms with Crippen LogP contribution in [0.3, 0.4) is 0 Å². The van der Waals surface area contributed by atoms with Crippen LogP contribution in [0, 0.1) is 0 Å². The Kier molecular flexibility index (Phi) is 3.47. The summed E-state index contributed by atoms with van der Waals surface area (Å²) in [7, 11) is 0. The zero-order valence-corrected chi connectivity index (χ0v) is 14.2. The van der Waals surface area contributed by atoms with Gasteiger partial charge in [-0.3, -0.25) is 0 Å². The fourth-order valence-corrected chi connectivity index (χ4v) is 3.73. The van der Waals surface area contributed by atoms with Crippen LogP contribution in [0.2, 0.25) is 0 Å². The minimum absolute atomic E-state index is 0.0333. The van der Waals surface area contributed by atoms with Crippen LogP contribution in [-0.2, 0) is 5.41 Å². The molecule has 1 aliphatic rings. The molecule has 0 amide bonds. The highest BCUT2D eigenvalue weighted by Crippen LogP contribution is 2.52. The van der Waals surface area contributed by atoms with Crippen molar-refractivity contribution in [1.82, 2.24) is 9.36 Å². The number of aromatic nitrogens is 2. The summed E-state index contributed by atoms with van der Waals surface area (Å²) in [5.41, 5.74) is 2.36. The second-order valence-corrected chi connectivity index (χ2v) is 7.08. The first-order valence-electron chi connectivity index (χ1n) is 7.19. The molecular weight excluding hydrogens is 358 g/mol. The molecule has 5 heteroatoms. The van der Waals surface area contributed by atoms with Crippen LogP contribution in [0.5, 0.6) is 0 Å². The molecule has 0 radical (unpaired) electrons. The van der Waals surface area contributed by atoms with E-state index in [2.05, 4.69) is 49.9 Å². The normalized spacial score (nSPS) is 15.5. The summed E-state index contributed by atoms with van der Waals surface area (Å²) in [5, 5.41) is 4.18. The summed E-state index contributed by atoms with van der Waals surface area (Å²) in [6, 6.07) is 18.6. The summed E-state index contributed by atoms with van der Waals surface area (Å²) in [6.07, 6.45) is 2.25. The fraction of sp³-hybridized carbons (Fsp3) is 0.176. The third kappa shape index (κ3) is 2.44. The maximum absolute atomic E-state index is 4.73. The monoisotopic (exact) mass is 371 g/mol. The summed E-state index contributed by atoms with van der Waals surface area (Å²) >= 11 is 4.96. The third-order valence-electron chi connectivity index (χ3n) is 4.05. The van der Waals surface area contributed by atoms with Crippen LogP contribution in [0.15, 0.2) is 59.1 Å². The highest BCUT2D eigenvalue weighted by molar-refractivity contribution is 9.10. The van der Waals surface area contributed by atoms with Crippen molar-refractivity contribution in [3.8, 4) is 0 Å². The summed E-state index contributed by atoms with van der Waals surface area (Å²) in [4.78, 5) is 4.73. The molecule has 1 aliphatic carbocycles. The first kappa shape index (κ1) is 13.9. The third-order valence-corrected chi connectivity index (χ3v) is 5.37. The summed E-state index contributed by atoms with van der Waals surface area (Å²) < 4.78 is 5.63. The Morgan fingerprint density at radius 2 is 1.73 bits per heavy atom. The molecule has 22 heavy (non-hydrogen) atoms. The van der Waals surface area contributed by atoms with Gasteiger partial charge in [-0.25, -0.2) is 4.98 Å². The van der Waals surface area contributed by atoms with Crippen molar-refractivity contribution in [2.75, 3.05) is 5.32 Å². The van der Waals surface area contributed by atoms with E-state index in [4.69, 9.17) is 4.98 Å². The number of nitrogens with zero attached hydrogens (tertiary/aromatic N) is 2. The van der Waals surface area contributed by atoms with Crippen molar-refractivity contribution >= 4 is 38.3 Å². The SMILES string of the molecule is Brc1ccccc1Nc1nc(C2(c3ccccc3)CC2)ns1. The van der Waals surface area contributed by atoms with Gasteiger partial charge in [0.15, 0.2) is 5.82 Å². The number of nitrogens with one attached hydrogen (secondary N) is 1. The van der Waals surface area contributed by atoms with Crippen molar-refractivity contribution in [3.05, 3.63) is 70.5 Å². The molecule has 2 aromatic carbocycles. The molecule has 0 bridgehead atoms. The van der Waals surface area contributed by atoms with Gasteiger partial charge in [0.25, 0.3) is 0 Å². The molecule has 1 fully saturated rings. The van der Waals surface area contributed by atoms with Crippen LogP contribution in [0.25, 0.3) is 0 Å². The Bertz CT molecular complexity index is 796. The van der Waals surface area contributed by atoms with Crippen LogP contribution in [0.4, 0.5) is 10.8 Å². The topological polar surface area (TPSA) is 37.8 Å².